The Hall–Kier alpha value is -1.27. The number of nitrogens with two attached hydrogens (primary N) is 1. The van der Waals surface area contributed by atoms with Crippen LogP contribution >= 0.6 is 12.4 Å². The summed E-state index contributed by atoms with van der Waals surface area (Å²) in [6.45, 7) is 2.03. The molecule has 3 nitrogen and oxygen atoms in total. The van der Waals surface area contributed by atoms with E-state index in [1.54, 1.807) is 6.07 Å². The van der Waals surface area contributed by atoms with Gasteiger partial charge < -0.3 is 10.6 Å². The minimum absolute atomic E-state index is 0. The quantitative estimate of drug-likeness (QED) is 0.904. The van der Waals surface area contributed by atoms with Gasteiger partial charge in [-0.1, -0.05) is 25.5 Å². The zero-order chi connectivity index (χ0) is 15.3. The molecule has 1 rings (SSSR count). The minimum Gasteiger partial charge on any atom is -0.340 e. The lowest BCUT2D eigenvalue weighted by atomic mass is 10.1. The van der Waals surface area contributed by atoms with Crippen LogP contribution < -0.4 is 5.73 Å². The Morgan fingerprint density at radius 2 is 2.00 bits per heavy atom. The third-order valence-corrected chi connectivity index (χ3v) is 2.97. The van der Waals surface area contributed by atoms with E-state index in [4.69, 9.17) is 5.73 Å². The van der Waals surface area contributed by atoms with Gasteiger partial charge in [0.05, 0.1) is 11.6 Å². The third kappa shape index (κ3) is 5.93. The van der Waals surface area contributed by atoms with Crippen LogP contribution in [0.3, 0.4) is 0 Å². The summed E-state index contributed by atoms with van der Waals surface area (Å²) in [5, 5.41) is 0. The van der Waals surface area contributed by atoms with Gasteiger partial charge in [0.2, 0.25) is 5.91 Å². The average molecular weight is 325 g/mol. The smallest absolute Gasteiger partial charge is 0.340 e. The van der Waals surface area contributed by atoms with Gasteiger partial charge in [0.25, 0.3) is 0 Å². The first-order chi connectivity index (χ1) is 9.25. The third-order valence-electron chi connectivity index (χ3n) is 2.97. The maximum absolute atomic E-state index is 12.6. The molecule has 2 N–H and O–H groups in total. The Balaban J connectivity index is 0.00000400. The Morgan fingerprint density at radius 3 is 2.52 bits per heavy atom. The fourth-order valence-electron chi connectivity index (χ4n) is 1.92. The van der Waals surface area contributed by atoms with E-state index in [2.05, 4.69) is 0 Å². The van der Waals surface area contributed by atoms with E-state index in [0.717, 1.165) is 18.6 Å². The van der Waals surface area contributed by atoms with E-state index < -0.39 is 17.8 Å². The van der Waals surface area contributed by atoms with Gasteiger partial charge in [0.15, 0.2) is 0 Å². The highest BCUT2D eigenvalue weighted by Crippen LogP contribution is 2.29. The number of amides is 1. The standard InChI is InChI=1S/C14H19F3N2O.ClH/c1-3-5-12(18)13(20)19(2)9-10-6-4-7-11(8-10)14(15,16)17;/h4,6-8,12H,3,5,9,18H2,1-2H3;1H. The largest absolute Gasteiger partial charge is 0.416 e. The van der Waals surface area contributed by atoms with Crippen molar-refractivity contribution in [1.29, 1.82) is 0 Å². The average Bonchev–Trinajstić information content (AvgIpc) is 2.37. The summed E-state index contributed by atoms with van der Waals surface area (Å²) in [4.78, 5) is 13.3. The second-order valence-electron chi connectivity index (χ2n) is 4.79. The molecule has 1 atom stereocenters. The second-order valence-corrected chi connectivity index (χ2v) is 4.79. The lowest BCUT2D eigenvalue weighted by Crippen LogP contribution is -2.41. The number of nitrogens with zero attached hydrogens (tertiary/aromatic N) is 1. The monoisotopic (exact) mass is 324 g/mol. The fourth-order valence-corrected chi connectivity index (χ4v) is 1.92. The summed E-state index contributed by atoms with van der Waals surface area (Å²) in [5.74, 6) is -0.260. The van der Waals surface area contributed by atoms with Gasteiger partial charge in [-0.2, -0.15) is 13.2 Å². The normalized spacial score (nSPS) is 12.5. The SMILES string of the molecule is CCCC(N)C(=O)N(C)Cc1cccc(C(F)(F)F)c1.Cl. The summed E-state index contributed by atoms with van der Waals surface area (Å²) < 4.78 is 37.8. The van der Waals surface area contributed by atoms with Gasteiger partial charge in [0.1, 0.15) is 0 Å². The molecule has 0 saturated carbocycles. The molecule has 120 valence electrons. The van der Waals surface area contributed by atoms with Crippen LogP contribution in [0.4, 0.5) is 13.2 Å². The Labute approximate surface area is 128 Å². The Kier molecular flexibility index (Phi) is 7.74. The van der Waals surface area contributed by atoms with E-state index in [1.165, 1.54) is 18.0 Å². The van der Waals surface area contributed by atoms with E-state index >= 15 is 0 Å². The molecule has 1 unspecified atom stereocenters. The van der Waals surface area contributed by atoms with Gasteiger partial charge >= 0.3 is 6.18 Å². The van der Waals surface area contributed by atoms with E-state index in [1.807, 2.05) is 6.92 Å². The van der Waals surface area contributed by atoms with E-state index in [9.17, 15) is 18.0 Å². The lowest BCUT2D eigenvalue weighted by Gasteiger charge is -2.21. The van der Waals surface area contributed by atoms with E-state index in [-0.39, 0.29) is 24.9 Å². The highest BCUT2D eigenvalue weighted by molar-refractivity contribution is 5.85. The number of hydrogen-bond acceptors (Lipinski definition) is 2. The summed E-state index contributed by atoms with van der Waals surface area (Å²) in [5.41, 5.74) is 5.43. The molecular weight excluding hydrogens is 305 g/mol. The maximum Gasteiger partial charge on any atom is 0.416 e. The predicted molar refractivity (Wildman–Crippen MR) is 78.0 cm³/mol. The Bertz CT molecular complexity index is 466. The van der Waals surface area contributed by atoms with Gasteiger partial charge in [-0.15, -0.1) is 12.4 Å². The van der Waals surface area contributed by atoms with Crippen molar-refractivity contribution in [3.05, 3.63) is 35.4 Å². The molecule has 1 aromatic rings. The van der Waals surface area contributed by atoms with Crippen LogP contribution in [0.25, 0.3) is 0 Å². The number of benzene rings is 1. The molecule has 0 aromatic heterocycles. The van der Waals surface area contributed by atoms with Crippen molar-refractivity contribution in [3.8, 4) is 0 Å². The number of halogens is 4. The van der Waals surface area contributed by atoms with Gasteiger partial charge in [0, 0.05) is 13.6 Å². The molecular formula is C14H20ClF3N2O. The molecule has 1 aromatic carbocycles. The molecule has 0 aliphatic heterocycles. The Morgan fingerprint density at radius 1 is 1.38 bits per heavy atom. The lowest BCUT2D eigenvalue weighted by molar-refractivity contribution is -0.137. The molecule has 0 spiro atoms. The summed E-state index contributed by atoms with van der Waals surface area (Å²) in [6, 6.07) is 4.35. The molecule has 0 bridgehead atoms. The number of likely N-dealkylation sites (N-methyl/N-ethyl adjacent to an activating group) is 1. The van der Waals surface area contributed by atoms with Crippen LogP contribution in [0.1, 0.15) is 30.9 Å². The van der Waals surface area contributed by atoms with Crippen molar-refractivity contribution in [3.63, 3.8) is 0 Å². The number of alkyl halides is 3. The minimum atomic E-state index is -4.38. The van der Waals surface area contributed by atoms with Crippen LogP contribution in [-0.2, 0) is 17.5 Å². The molecule has 0 fully saturated rings. The van der Waals surface area contributed by atoms with Crippen LogP contribution in [-0.4, -0.2) is 23.9 Å². The molecule has 0 radical (unpaired) electrons. The first-order valence-corrected chi connectivity index (χ1v) is 6.42. The number of carbonyl (C=O) groups is 1. The molecule has 0 aliphatic carbocycles. The summed E-state index contributed by atoms with van der Waals surface area (Å²) in [6.07, 6.45) is -3.03. The summed E-state index contributed by atoms with van der Waals surface area (Å²) >= 11 is 0. The molecule has 21 heavy (non-hydrogen) atoms. The van der Waals surface area contributed by atoms with E-state index in [0.29, 0.717) is 12.0 Å². The van der Waals surface area contributed by atoms with Crippen molar-refractivity contribution in [1.82, 2.24) is 4.90 Å². The van der Waals surface area contributed by atoms with Crippen LogP contribution in [0, 0.1) is 0 Å². The molecule has 1 amide bonds. The van der Waals surface area contributed by atoms with Crippen LogP contribution in [0.5, 0.6) is 0 Å². The van der Waals surface area contributed by atoms with Crippen molar-refractivity contribution in [2.45, 2.75) is 38.5 Å². The second kappa shape index (κ2) is 8.24. The zero-order valence-corrected chi connectivity index (χ0v) is 12.8. The fraction of sp³-hybridized carbons (Fsp3) is 0.500. The molecule has 0 heterocycles. The van der Waals surface area contributed by atoms with Crippen molar-refractivity contribution in [2.75, 3.05) is 7.05 Å². The molecule has 0 saturated heterocycles. The number of hydrogen-bond donors (Lipinski definition) is 1. The summed E-state index contributed by atoms with van der Waals surface area (Å²) in [7, 11) is 1.54. The van der Waals surface area contributed by atoms with Crippen LogP contribution in [0.2, 0.25) is 0 Å². The van der Waals surface area contributed by atoms with Crippen LogP contribution in [0.15, 0.2) is 24.3 Å². The van der Waals surface area contributed by atoms with Crippen molar-refractivity contribution < 1.29 is 18.0 Å². The number of carbonyl (C=O) groups excluding carboxylic acids is 1. The van der Waals surface area contributed by atoms with Gasteiger partial charge in [-0.05, 0) is 24.1 Å². The molecule has 7 heteroatoms. The maximum atomic E-state index is 12.6. The van der Waals surface area contributed by atoms with Gasteiger partial charge in [-0.3, -0.25) is 4.79 Å². The first kappa shape index (κ1) is 19.7. The topological polar surface area (TPSA) is 46.3 Å². The van der Waals surface area contributed by atoms with Gasteiger partial charge in [-0.25, -0.2) is 0 Å². The van der Waals surface area contributed by atoms with Crippen molar-refractivity contribution in [2.24, 2.45) is 5.73 Å². The first-order valence-electron chi connectivity index (χ1n) is 6.42. The van der Waals surface area contributed by atoms with Crippen molar-refractivity contribution >= 4 is 18.3 Å². The molecule has 0 aliphatic rings. The highest BCUT2D eigenvalue weighted by atomic mass is 35.5. The zero-order valence-electron chi connectivity index (χ0n) is 12.0. The highest BCUT2D eigenvalue weighted by Gasteiger charge is 2.30. The number of rotatable bonds is 5. The predicted octanol–water partition coefficient (Wildman–Crippen LogP) is 3.21.